The molecule has 2 aliphatic carbocycles. The molecule has 11 rings (SSSR count). The highest BCUT2D eigenvalue weighted by molar-refractivity contribution is 6.12. The molecule has 0 bridgehead atoms. The number of ether oxygens (including phenoxy) is 1. The average molecular weight is 583 g/mol. The highest BCUT2D eigenvalue weighted by Gasteiger charge is 2.53. The van der Waals surface area contributed by atoms with E-state index in [9.17, 15) is 0 Å². The van der Waals surface area contributed by atoms with E-state index in [0.29, 0.717) is 0 Å². The van der Waals surface area contributed by atoms with Crippen LogP contribution in [0.25, 0.3) is 66.1 Å². The SMILES string of the molecule is c1ccc2c(c1)Oc1ccc(-c3cccc4c3C3(c5ccccc5-4)c4ccccc4-c4ccc5ccccc5c43)c3cccc-2c13. The van der Waals surface area contributed by atoms with Crippen LogP contribution in [0.3, 0.4) is 0 Å². The summed E-state index contributed by atoms with van der Waals surface area (Å²) >= 11 is 0. The molecule has 1 aliphatic heterocycles. The monoisotopic (exact) mass is 582 g/mol. The largest absolute Gasteiger partial charge is 0.456 e. The summed E-state index contributed by atoms with van der Waals surface area (Å²) in [5.74, 6) is 1.83. The molecule has 1 atom stereocenters. The first-order chi connectivity index (χ1) is 22.8. The van der Waals surface area contributed by atoms with Crippen molar-refractivity contribution in [2.24, 2.45) is 0 Å². The Labute approximate surface area is 267 Å². The minimum atomic E-state index is -0.460. The highest BCUT2D eigenvalue weighted by Crippen LogP contribution is 2.66. The molecule has 0 aromatic heterocycles. The Morgan fingerprint density at radius 1 is 0.326 bits per heavy atom. The van der Waals surface area contributed by atoms with Gasteiger partial charge in [-0.15, -0.1) is 0 Å². The molecule has 1 heteroatoms. The van der Waals surface area contributed by atoms with Crippen LogP contribution in [-0.4, -0.2) is 0 Å². The van der Waals surface area contributed by atoms with Gasteiger partial charge in [0, 0.05) is 10.9 Å². The fourth-order valence-electron chi connectivity index (χ4n) is 9.02. The third-order valence-electron chi connectivity index (χ3n) is 10.7. The minimum absolute atomic E-state index is 0.460. The van der Waals surface area contributed by atoms with Gasteiger partial charge in [-0.1, -0.05) is 146 Å². The molecule has 0 saturated carbocycles. The quantitative estimate of drug-likeness (QED) is 0.187. The molecule has 0 N–H and O–H groups in total. The summed E-state index contributed by atoms with van der Waals surface area (Å²) in [7, 11) is 0. The number of rotatable bonds is 1. The zero-order chi connectivity index (χ0) is 30.0. The van der Waals surface area contributed by atoms with Gasteiger partial charge in [-0.25, -0.2) is 0 Å². The predicted octanol–water partition coefficient (Wildman–Crippen LogP) is 11.8. The van der Waals surface area contributed by atoms with E-state index in [0.717, 1.165) is 17.1 Å². The third-order valence-corrected chi connectivity index (χ3v) is 10.7. The first-order valence-electron chi connectivity index (χ1n) is 16.0. The van der Waals surface area contributed by atoms with Gasteiger partial charge in [0.05, 0.1) is 5.41 Å². The molecule has 0 radical (unpaired) electrons. The molecule has 8 aromatic rings. The number of fused-ring (bicyclic) bond motifs is 14. The topological polar surface area (TPSA) is 9.23 Å². The van der Waals surface area contributed by atoms with Crippen molar-refractivity contribution >= 4 is 21.5 Å². The second kappa shape index (κ2) is 8.62. The van der Waals surface area contributed by atoms with Gasteiger partial charge in [-0.2, -0.15) is 0 Å². The Morgan fingerprint density at radius 3 is 1.72 bits per heavy atom. The van der Waals surface area contributed by atoms with Crippen LogP contribution in [0.1, 0.15) is 22.3 Å². The van der Waals surface area contributed by atoms with Gasteiger partial charge in [0.1, 0.15) is 11.5 Å². The van der Waals surface area contributed by atoms with Gasteiger partial charge in [-0.05, 0) is 89.5 Å². The second-order valence-corrected chi connectivity index (χ2v) is 12.7. The first kappa shape index (κ1) is 24.4. The first-order valence-corrected chi connectivity index (χ1v) is 16.0. The number of benzene rings is 8. The summed E-state index contributed by atoms with van der Waals surface area (Å²) < 4.78 is 6.52. The van der Waals surface area contributed by atoms with Crippen LogP contribution in [0.4, 0.5) is 0 Å². The number of para-hydroxylation sites is 1. The second-order valence-electron chi connectivity index (χ2n) is 12.7. The molecular formula is C45H26O. The molecule has 1 nitrogen and oxygen atoms in total. The average Bonchev–Trinajstić information content (AvgIpc) is 3.60. The number of hydrogen-bond donors (Lipinski definition) is 0. The van der Waals surface area contributed by atoms with Crippen molar-refractivity contribution in [1.82, 2.24) is 0 Å². The normalized spacial score (nSPS) is 16.1. The molecule has 212 valence electrons. The van der Waals surface area contributed by atoms with Crippen molar-refractivity contribution < 1.29 is 4.74 Å². The van der Waals surface area contributed by atoms with E-state index >= 15 is 0 Å². The van der Waals surface area contributed by atoms with Crippen LogP contribution in [0.5, 0.6) is 11.5 Å². The van der Waals surface area contributed by atoms with Crippen LogP contribution >= 0.6 is 0 Å². The predicted molar refractivity (Wildman–Crippen MR) is 189 cm³/mol. The van der Waals surface area contributed by atoms with Crippen molar-refractivity contribution in [2.45, 2.75) is 5.41 Å². The molecule has 1 heterocycles. The lowest BCUT2D eigenvalue weighted by Crippen LogP contribution is -2.27. The van der Waals surface area contributed by atoms with Gasteiger partial charge in [0.25, 0.3) is 0 Å². The third kappa shape index (κ3) is 2.83. The summed E-state index contributed by atoms with van der Waals surface area (Å²) in [5, 5.41) is 4.98. The van der Waals surface area contributed by atoms with Crippen molar-refractivity contribution in [3.8, 4) is 56.0 Å². The van der Waals surface area contributed by atoms with E-state index < -0.39 is 5.41 Å². The van der Waals surface area contributed by atoms with Gasteiger partial charge >= 0.3 is 0 Å². The van der Waals surface area contributed by atoms with E-state index in [1.165, 1.54) is 82.7 Å². The summed E-state index contributed by atoms with van der Waals surface area (Å²) in [6.45, 7) is 0. The van der Waals surface area contributed by atoms with Gasteiger partial charge in [0.2, 0.25) is 0 Å². The Balaban J connectivity index is 1.31. The molecule has 1 unspecified atom stereocenters. The summed E-state index contributed by atoms with van der Waals surface area (Å²) in [4.78, 5) is 0. The molecule has 0 fully saturated rings. The van der Waals surface area contributed by atoms with Crippen LogP contribution < -0.4 is 4.74 Å². The van der Waals surface area contributed by atoms with Crippen LogP contribution in [-0.2, 0) is 5.41 Å². The molecule has 0 amide bonds. The number of hydrogen-bond acceptors (Lipinski definition) is 1. The maximum absolute atomic E-state index is 6.52. The maximum atomic E-state index is 6.52. The van der Waals surface area contributed by atoms with E-state index in [-0.39, 0.29) is 0 Å². The lowest BCUT2D eigenvalue weighted by molar-refractivity contribution is 0.487. The lowest BCUT2D eigenvalue weighted by atomic mass is 9.67. The van der Waals surface area contributed by atoms with Gasteiger partial charge in [-0.3, -0.25) is 0 Å². The van der Waals surface area contributed by atoms with Gasteiger partial charge < -0.3 is 4.74 Å². The Morgan fingerprint density at radius 2 is 0.891 bits per heavy atom. The maximum Gasteiger partial charge on any atom is 0.135 e. The molecule has 3 aliphatic rings. The lowest BCUT2D eigenvalue weighted by Gasteiger charge is -2.33. The van der Waals surface area contributed by atoms with Crippen LogP contribution in [0.15, 0.2) is 158 Å². The van der Waals surface area contributed by atoms with E-state index in [1.54, 1.807) is 0 Å². The van der Waals surface area contributed by atoms with E-state index in [4.69, 9.17) is 4.74 Å². The molecule has 1 spiro atoms. The smallest absolute Gasteiger partial charge is 0.135 e. The Hall–Kier alpha value is -5.92. The van der Waals surface area contributed by atoms with Crippen molar-refractivity contribution in [2.75, 3.05) is 0 Å². The van der Waals surface area contributed by atoms with Crippen LogP contribution in [0.2, 0.25) is 0 Å². The van der Waals surface area contributed by atoms with Crippen molar-refractivity contribution in [3.05, 3.63) is 180 Å². The summed E-state index contributed by atoms with van der Waals surface area (Å²) in [5.41, 5.74) is 15.2. The molecule has 8 aromatic carbocycles. The van der Waals surface area contributed by atoms with Crippen molar-refractivity contribution in [1.29, 1.82) is 0 Å². The molecule has 46 heavy (non-hydrogen) atoms. The van der Waals surface area contributed by atoms with Crippen LogP contribution in [0, 0.1) is 0 Å². The highest BCUT2D eigenvalue weighted by atomic mass is 16.5. The van der Waals surface area contributed by atoms with E-state index in [1.807, 2.05) is 6.07 Å². The zero-order valence-corrected chi connectivity index (χ0v) is 24.9. The summed E-state index contributed by atoms with van der Waals surface area (Å²) in [6.07, 6.45) is 0. The fraction of sp³-hybridized carbons (Fsp3) is 0.0222. The minimum Gasteiger partial charge on any atom is -0.456 e. The van der Waals surface area contributed by atoms with Crippen molar-refractivity contribution in [3.63, 3.8) is 0 Å². The summed E-state index contributed by atoms with van der Waals surface area (Å²) in [6, 6.07) is 58.2. The Kier molecular flexibility index (Phi) is 4.57. The zero-order valence-electron chi connectivity index (χ0n) is 24.9. The molecule has 0 saturated heterocycles. The standard InChI is InChI=1S/C45H26O/c1-2-12-28-27(11-1)23-24-37-31-14-4-7-21-39(31)45(43(28)37)38-20-6-3-13-30(38)36-19-10-18-35(44(36)45)29-25-26-41-42-33(29)16-9-17-34(42)32-15-5-8-22-40(32)46-41/h1-26H. The fourth-order valence-corrected chi connectivity index (χ4v) is 9.02. The molecular weight excluding hydrogens is 556 g/mol. The van der Waals surface area contributed by atoms with Gasteiger partial charge in [0.15, 0.2) is 0 Å². The Bertz CT molecular complexity index is 2610. The van der Waals surface area contributed by atoms with E-state index in [2.05, 4.69) is 152 Å².